The second kappa shape index (κ2) is 9.40. The van der Waals surface area contributed by atoms with Crippen molar-refractivity contribution in [2.24, 2.45) is 0 Å². The summed E-state index contributed by atoms with van der Waals surface area (Å²) in [4.78, 5) is 16.2. The quantitative estimate of drug-likeness (QED) is 0.353. The molecular weight excluding hydrogens is 388 g/mol. The molecule has 0 saturated heterocycles. The number of carbonyl (C=O) groups excluding carboxylic acids is 1. The Hall–Kier alpha value is -3.10. The van der Waals surface area contributed by atoms with Crippen LogP contribution < -0.4 is 5.32 Å². The molecule has 1 amide bonds. The summed E-state index contributed by atoms with van der Waals surface area (Å²) in [7, 11) is 0. The highest BCUT2D eigenvalue weighted by Gasteiger charge is 2.14. The lowest BCUT2D eigenvalue weighted by Gasteiger charge is -2.11. The Balaban J connectivity index is 1.60. The number of thiazole rings is 1. The number of ether oxygens (including phenoxy) is 1. The van der Waals surface area contributed by atoms with Crippen molar-refractivity contribution in [1.82, 2.24) is 10.3 Å². The summed E-state index contributed by atoms with van der Waals surface area (Å²) in [6.07, 6.45) is -0.135. The number of aliphatic hydroxyl groups is 1. The topological polar surface area (TPSA) is 119 Å². The lowest BCUT2D eigenvalue weighted by Crippen LogP contribution is -2.36. The van der Waals surface area contributed by atoms with Gasteiger partial charge in [0.1, 0.15) is 11.4 Å². The van der Waals surface area contributed by atoms with E-state index in [-0.39, 0.29) is 31.2 Å². The number of nitrogens with zero attached hydrogens (tertiary/aromatic N) is 1. The fourth-order valence-corrected chi connectivity index (χ4v) is 3.74. The van der Waals surface area contributed by atoms with Crippen molar-refractivity contribution >= 4 is 39.3 Å². The summed E-state index contributed by atoms with van der Waals surface area (Å²) in [5, 5.41) is 27.9. The number of aromatic nitrogens is 1. The summed E-state index contributed by atoms with van der Waals surface area (Å²) in [5.41, 5.74) is 3.08. The molecule has 1 atom stereocenters. The van der Waals surface area contributed by atoms with Crippen molar-refractivity contribution in [3.63, 3.8) is 0 Å². The van der Waals surface area contributed by atoms with Gasteiger partial charge >= 0.3 is 0 Å². The molecule has 150 valence electrons. The third-order valence-electron chi connectivity index (χ3n) is 4.10. The molecule has 0 bridgehead atoms. The zero-order valence-electron chi connectivity index (χ0n) is 15.9. The molecule has 7 nitrogen and oxygen atoms in total. The Kier molecular flexibility index (Phi) is 6.69. The number of nitrogens with one attached hydrogen (secondary N) is 3. The molecule has 0 aliphatic carbocycles. The number of hydrogen-bond acceptors (Lipinski definition) is 7. The highest BCUT2D eigenvalue weighted by Crippen LogP contribution is 2.28. The maximum atomic E-state index is 11.7. The average Bonchev–Trinajstić information content (AvgIpc) is 3.09. The molecule has 0 spiro atoms. The van der Waals surface area contributed by atoms with Gasteiger partial charge in [0.15, 0.2) is 11.8 Å². The van der Waals surface area contributed by atoms with Gasteiger partial charge in [-0.1, -0.05) is 36.4 Å². The Morgan fingerprint density at radius 3 is 2.66 bits per heavy atom. The second-order valence-electron chi connectivity index (χ2n) is 6.61. The van der Waals surface area contributed by atoms with Crippen LogP contribution in [-0.4, -0.2) is 40.4 Å². The van der Waals surface area contributed by atoms with Gasteiger partial charge in [-0.2, -0.15) is 0 Å². The minimum absolute atomic E-state index is 0.139. The lowest BCUT2D eigenvalue weighted by atomic mass is 10.1. The largest absolute Gasteiger partial charge is 0.429 e. The van der Waals surface area contributed by atoms with Gasteiger partial charge in [0.25, 0.3) is 0 Å². The molecule has 0 fully saturated rings. The van der Waals surface area contributed by atoms with Gasteiger partial charge in [0.05, 0.1) is 23.2 Å². The predicted molar refractivity (Wildman–Crippen MR) is 115 cm³/mol. The van der Waals surface area contributed by atoms with Gasteiger partial charge < -0.3 is 15.2 Å². The van der Waals surface area contributed by atoms with Crippen LogP contribution in [0.2, 0.25) is 0 Å². The first-order valence-corrected chi connectivity index (χ1v) is 9.94. The van der Waals surface area contributed by atoms with Crippen LogP contribution in [0.4, 0.5) is 0 Å². The van der Waals surface area contributed by atoms with E-state index < -0.39 is 11.9 Å². The normalized spacial score (nSPS) is 11.8. The fraction of sp³-hybridized carbons (Fsp3) is 0.238. The zero-order chi connectivity index (χ0) is 20.8. The minimum atomic E-state index is -0.433. The molecular formula is C21H22N4O3S. The third kappa shape index (κ3) is 5.69. The average molecular weight is 410 g/mol. The van der Waals surface area contributed by atoms with E-state index >= 15 is 0 Å². The van der Waals surface area contributed by atoms with Crippen molar-refractivity contribution in [3.8, 4) is 11.1 Å². The maximum absolute atomic E-state index is 11.7. The summed E-state index contributed by atoms with van der Waals surface area (Å²) in [5.74, 6) is -0.886. The van der Waals surface area contributed by atoms with Crippen molar-refractivity contribution < 1.29 is 14.6 Å². The monoisotopic (exact) mass is 410 g/mol. The van der Waals surface area contributed by atoms with Crippen LogP contribution in [-0.2, 0) is 16.0 Å². The number of fused-ring (bicyclic) bond motifs is 1. The zero-order valence-corrected chi connectivity index (χ0v) is 16.8. The molecule has 0 radical (unpaired) electrons. The number of carbonyl (C=O) groups is 1. The van der Waals surface area contributed by atoms with Crippen LogP contribution in [0.15, 0.2) is 48.5 Å². The van der Waals surface area contributed by atoms with Crippen LogP contribution in [0.5, 0.6) is 0 Å². The fourth-order valence-electron chi connectivity index (χ4n) is 2.73. The summed E-state index contributed by atoms with van der Waals surface area (Å²) < 4.78 is 6.15. The number of amides is 1. The van der Waals surface area contributed by atoms with E-state index in [1.807, 2.05) is 30.3 Å². The number of hydrogen-bond donors (Lipinski definition) is 4. The van der Waals surface area contributed by atoms with Crippen LogP contribution in [0.3, 0.4) is 0 Å². The molecule has 3 aromatic rings. The van der Waals surface area contributed by atoms with Gasteiger partial charge in [-0.3, -0.25) is 15.6 Å². The van der Waals surface area contributed by atoms with Crippen LogP contribution in [0.1, 0.15) is 18.4 Å². The number of benzene rings is 2. The molecule has 3 rings (SSSR count). The second-order valence-corrected chi connectivity index (χ2v) is 7.72. The van der Waals surface area contributed by atoms with Gasteiger partial charge in [0, 0.05) is 6.04 Å². The number of rotatable bonds is 7. The SMILES string of the molecule is CC(CO)NC(=O)CC(=N)OC(=N)Cc1nc2ccc(-c3ccccc3)cc2s1. The Morgan fingerprint density at radius 1 is 1.17 bits per heavy atom. The van der Waals surface area contributed by atoms with E-state index in [0.717, 1.165) is 21.3 Å². The molecule has 2 aromatic carbocycles. The first-order valence-electron chi connectivity index (χ1n) is 9.12. The molecule has 1 heterocycles. The van der Waals surface area contributed by atoms with Gasteiger partial charge in [-0.05, 0) is 30.2 Å². The van der Waals surface area contributed by atoms with Crippen molar-refractivity contribution in [1.29, 1.82) is 10.8 Å². The van der Waals surface area contributed by atoms with Crippen LogP contribution >= 0.6 is 11.3 Å². The van der Waals surface area contributed by atoms with Gasteiger partial charge in [-0.15, -0.1) is 11.3 Å². The standard InChI is InChI=1S/C21H22N4O3S/c1-13(12-26)24-20(27)10-18(22)28-19(23)11-21-25-16-8-7-15(9-17(16)29-21)14-5-3-2-4-6-14/h2-9,13,22-23,26H,10-12H2,1H3,(H,24,27). The maximum Gasteiger partial charge on any atom is 0.229 e. The van der Waals surface area contributed by atoms with Crippen LogP contribution in [0.25, 0.3) is 21.3 Å². The van der Waals surface area contributed by atoms with E-state index in [9.17, 15) is 4.79 Å². The Labute approximate surface area is 172 Å². The van der Waals surface area contributed by atoms with E-state index in [4.69, 9.17) is 20.7 Å². The molecule has 0 saturated carbocycles. The highest BCUT2D eigenvalue weighted by atomic mass is 32.1. The highest BCUT2D eigenvalue weighted by molar-refractivity contribution is 7.18. The minimum Gasteiger partial charge on any atom is -0.429 e. The summed E-state index contributed by atoms with van der Waals surface area (Å²) in [6.45, 7) is 1.47. The Morgan fingerprint density at radius 2 is 1.93 bits per heavy atom. The molecule has 29 heavy (non-hydrogen) atoms. The molecule has 1 unspecified atom stereocenters. The molecule has 4 N–H and O–H groups in total. The smallest absolute Gasteiger partial charge is 0.229 e. The Bertz CT molecular complexity index is 1030. The van der Waals surface area contributed by atoms with Crippen molar-refractivity contribution in [2.45, 2.75) is 25.8 Å². The van der Waals surface area contributed by atoms with E-state index in [0.29, 0.717) is 5.01 Å². The summed E-state index contributed by atoms with van der Waals surface area (Å²) >= 11 is 1.48. The van der Waals surface area contributed by atoms with E-state index in [2.05, 4.69) is 28.5 Å². The third-order valence-corrected chi connectivity index (χ3v) is 5.12. The summed E-state index contributed by atoms with van der Waals surface area (Å²) in [6, 6.07) is 15.7. The number of aliphatic hydroxyl groups excluding tert-OH is 1. The molecule has 0 aliphatic rings. The molecule has 0 aliphatic heterocycles. The first-order chi connectivity index (χ1) is 13.9. The van der Waals surface area contributed by atoms with E-state index in [1.54, 1.807) is 6.92 Å². The first kappa shape index (κ1) is 20.6. The lowest BCUT2D eigenvalue weighted by molar-refractivity contribution is -0.120. The molecule has 8 heteroatoms. The van der Waals surface area contributed by atoms with Crippen molar-refractivity contribution in [2.75, 3.05) is 6.61 Å². The van der Waals surface area contributed by atoms with Crippen molar-refractivity contribution in [3.05, 3.63) is 53.5 Å². The molecule has 1 aromatic heterocycles. The van der Waals surface area contributed by atoms with Gasteiger partial charge in [0.2, 0.25) is 5.91 Å². The van der Waals surface area contributed by atoms with E-state index in [1.165, 1.54) is 11.3 Å². The van der Waals surface area contributed by atoms with Gasteiger partial charge in [-0.25, -0.2) is 4.98 Å². The predicted octanol–water partition coefficient (Wildman–Crippen LogP) is 3.36. The van der Waals surface area contributed by atoms with Crippen LogP contribution in [0, 0.1) is 10.8 Å².